The summed E-state index contributed by atoms with van der Waals surface area (Å²) >= 11 is 6.94. The molecular weight excluding hydrogens is 612 g/mol. The summed E-state index contributed by atoms with van der Waals surface area (Å²) in [6, 6.07) is 21.9. The molecule has 6 atom stereocenters. The summed E-state index contributed by atoms with van der Waals surface area (Å²) < 4.78 is 1.77. The minimum absolute atomic E-state index is 0.0515. The van der Waals surface area contributed by atoms with Gasteiger partial charge in [0.05, 0.1) is 11.3 Å². The molecule has 8 heteroatoms. The zero-order valence-corrected chi connectivity index (χ0v) is 23.6. The largest absolute Gasteiger partial charge is 0.314 e. The molecule has 192 valence electrons. The van der Waals surface area contributed by atoms with Crippen molar-refractivity contribution in [2.24, 2.45) is 11.8 Å². The van der Waals surface area contributed by atoms with Crippen LogP contribution in [0.1, 0.15) is 34.9 Å². The van der Waals surface area contributed by atoms with E-state index >= 15 is 0 Å². The van der Waals surface area contributed by atoms with Gasteiger partial charge in [-0.2, -0.15) is 0 Å². The van der Waals surface area contributed by atoms with Gasteiger partial charge < -0.3 is 4.90 Å². The van der Waals surface area contributed by atoms with Gasteiger partial charge in [-0.1, -0.05) is 80.4 Å². The van der Waals surface area contributed by atoms with Gasteiger partial charge >= 0.3 is 0 Å². The summed E-state index contributed by atoms with van der Waals surface area (Å²) in [4.78, 5) is 41.1. The maximum Gasteiger partial charge on any atom is 0.238 e. The van der Waals surface area contributed by atoms with E-state index in [1.54, 1.807) is 11.9 Å². The molecule has 1 saturated carbocycles. The fourth-order valence-corrected chi connectivity index (χ4v) is 7.87. The van der Waals surface area contributed by atoms with Crippen molar-refractivity contribution in [2.45, 2.75) is 29.7 Å². The molecule has 3 aromatic carbocycles. The molecule has 38 heavy (non-hydrogen) atoms. The number of anilines is 1. The van der Waals surface area contributed by atoms with Crippen LogP contribution in [0.5, 0.6) is 0 Å². The van der Waals surface area contributed by atoms with Crippen LogP contribution in [-0.4, -0.2) is 30.2 Å². The highest BCUT2D eigenvalue weighted by Gasteiger charge is 2.67. The standard InChI is InChI=1S/C30H24Br2N2O4/c1-33-25-5-3-2-4-24(25)30(29(33)36)15-23-22(27(30)18-8-12-21(32)13-9-18)14-19(16-35)26(28(23)34(37)38)17-6-10-20(31)11-7-17/h2-14,16,22-23,26-28H,15H2,1H3/t22-,23+,26+,27+,28+,30-/m0/s1. The lowest BCUT2D eigenvalue weighted by Crippen LogP contribution is -2.42. The number of para-hydroxylation sites is 1. The molecule has 0 radical (unpaired) electrons. The molecule has 1 fully saturated rings. The third-order valence-corrected chi connectivity index (χ3v) is 9.82. The van der Waals surface area contributed by atoms with E-state index in [0.717, 1.165) is 37.6 Å². The summed E-state index contributed by atoms with van der Waals surface area (Å²) in [5, 5.41) is 12.8. The van der Waals surface area contributed by atoms with Crippen LogP contribution >= 0.6 is 31.9 Å². The van der Waals surface area contributed by atoms with E-state index in [-0.39, 0.29) is 22.7 Å². The summed E-state index contributed by atoms with van der Waals surface area (Å²) in [5.74, 6) is -1.91. The predicted molar refractivity (Wildman–Crippen MR) is 152 cm³/mol. The van der Waals surface area contributed by atoms with Gasteiger partial charge in [0.1, 0.15) is 6.29 Å². The highest BCUT2D eigenvalue weighted by Crippen LogP contribution is 2.65. The SMILES string of the molecule is CN1C(=O)[C@@]2(C[C@@H]3[C@H](C=C(C=O)[C@@H](c4ccc(Br)cc4)[C@@H]3[N+](=O)[O-])[C@H]2c2ccc(Br)cc2)c2ccccc21. The van der Waals surface area contributed by atoms with Crippen LogP contribution in [0.25, 0.3) is 0 Å². The highest BCUT2D eigenvalue weighted by molar-refractivity contribution is 9.10. The van der Waals surface area contributed by atoms with Crippen LogP contribution in [0.2, 0.25) is 0 Å². The second kappa shape index (κ2) is 9.27. The number of halogens is 2. The summed E-state index contributed by atoms with van der Waals surface area (Å²) in [6.07, 6.45) is 3.03. The van der Waals surface area contributed by atoms with Crippen molar-refractivity contribution in [1.82, 2.24) is 0 Å². The average molecular weight is 636 g/mol. The smallest absolute Gasteiger partial charge is 0.238 e. The molecule has 3 aliphatic rings. The number of benzene rings is 3. The Hall–Kier alpha value is -3.10. The second-order valence-corrected chi connectivity index (χ2v) is 12.2. The fraction of sp³-hybridized carbons (Fsp3) is 0.267. The normalized spacial score (nSPS) is 29.7. The number of carbonyl (C=O) groups is 2. The molecule has 6 nitrogen and oxygen atoms in total. The van der Waals surface area contributed by atoms with Gasteiger partial charge in [-0.3, -0.25) is 19.7 Å². The number of aldehydes is 1. The van der Waals surface area contributed by atoms with Crippen molar-refractivity contribution < 1.29 is 14.5 Å². The molecule has 6 rings (SSSR count). The Balaban J connectivity index is 1.61. The number of nitrogens with zero attached hydrogens (tertiary/aromatic N) is 2. The molecular formula is C30H24Br2N2O4. The topological polar surface area (TPSA) is 80.5 Å². The second-order valence-electron chi connectivity index (χ2n) is 10.4. The number of amides is 1. The Morgan fingerprint density at radius 1 is 0.974 bits per heavy atom. The number of hydrogen-bond donors (Lipinski definition) is 0. The molecule has 0 bridgehead atoms. The molecule has 0 aromatic heterocycles. The Morgan fingerprint density at radius 3 is 2.18 bits per heavy atom. The van der Waals surface area contributed by atoms with Crippen LogP contribution in [0.3, 0.4) is 0 Å². The Bertz CT molecular complexity index is 1490. The lowest BCUT2D eigenvalue weighted by atomic mass is 9.66. The number of likely N-dealkylation sites (N-methyl/N-ethyl adjacent to an activating group) is 1. The van der Waals surface area contributed by atoms with Crippen LogP contribution in [0.4, 0.5) is 5.69 Å². The molecule has 1 heterocycles. The zero-order valence-electron chi connectivity index (χ0n) is 20.5. The minimum Gasteiger partial charge on any atom is -0.314 e. The number of rotatable bonds is 4. The molecule has 1 spiro atoms. The van der Waals surface area contributed by atoms with Crippen molar-refractivity contribution in [1.29, 1.82) is 0 Å². The Morgan fingerprint density at radius 2 is 1.58 bits per heavy atom. The summed E-state index contributed by atoms with van der Waals surface area (Å²) in [7, 11) is 1.78. The van der Waals surface area contributed by atoms with E-state index in [1.807, 2.05) is 78.9 Å². The maximum atomic E-state index is 14.2. The quantitative estimate of drug-likeness (QED) is 0.188. The first kappa shape index (κ1) is 25.2. The minimum atomic E-state index is -1.05. The fourth-order valence-electron chi connectivity index (χ4n) is 7.34. The van der Waals surface area contributed by atoms with Crippen LogP contribution < -0.4 is 4.90 Å². The summed E-state index contributed by atoms with van der Waals surface area (Å²) in [6.45, 7) is 0. The maximum absolute atomic E-state index is 14.2. The third-order valence-electron chi connectivity index (χ3n) is 8.76. The molecule has 1 aliphatic heterocycles. The summed E-state index contributed by atoms with van der Waals surface area (Å²) in [5.41, 5.74) is 2.83. The van der Waals surface area contributed by atoms with Crippen molar-refractivity contribution in [2.75, 3.05) is 11.9 Å². The monoisotopic (exact) mass is 634 g/mol. The zero-order chi connectivity index (χ0) is 26.8. The lowest BCUT2D eigenvalue weighted by Gasteiger charge is -2.36. The first-order valence-electron chi connectivity index (χ1n) is 12.5. The molecule has 2 aliphatic carbocycles. The van der Waals surface area contributed by atoms with E-state index < -0.39 is 23.3 Å². The van der Waals surface area contributed by atoms with Crippen molar-refractivity contribution in [3.05, 3.63) is 120 Å². The number of fused-ring (bicyclic) bond motifs is 3. The van der Waals surface area contributed by atoms with Gasteiger partial charge in [0, 0.05) is 44.0 Å². The van der Waals surface area contributed by atoms with E-state index in [0.29, 0.717) is 12.0 Å². The first-order valence-corrected chi connectivity index (χ1v) is 14.1. The van der Waals surface area contributed by atoms with Crippen molar-refractivity contribution >= 4 is 49.7 Å². The van der Waals surface area contributed by atoms with Crippen molar-refractivity contribution in [3.8, 4) is 0 Å². The Labute approximate surface area is 237 Å². The van der Waals surface area contributed by atoms with Gasteiger partial charge in [-0.15, -0.1) is 0 Å². The third kappa shape index (κ3) is 3.57. The number of hydrogen-bond acceptors (Lipinski definition) is 4. The van der Waals surface area contributed by atoms with Gasteiger partial charge in [0.2, 0.25) is 11.9 Å². The van der Waals surface area contributed by atoms with Crippen LogP contribution in [0, 0.1) is 22.0 Å². The lowest BCUT2D eigenvalue weighted by molar-refractivity contribution is -0.537. The Kier molecular flexibility index (Phi) is 6.15. The van der Waals surface area contributed by atoms with Gasteiger partial charge in [0.15, 0.2) is 0 Å². The van der Waals surface area contributed by atoms with Crippen molar-refractivity contribution in [3.63, 3.8) is 0 Å². The van der Waals surface area contributed by atoms with Gasteiger partial charge in [-0.05, 0) is 59.4 Å². The van der Waals surface area contributed by atoms with Gasteiger partial charge in [0.25, 0.3) is 0 Å². The molecule has 0 N–H and O–H groups in total. The molecule has 0 saturated heterocycles. The van der Waals surface area contributed by atoms with E-state index in [9.17, 15) is 19.7 Å². The average Bonchev–Trinajstić information content (AvgIpc) is 3.36. The molecule has 1 amide bonds. The first-order chi connectivity index (χ1) is 18.3. The van der Waals surface area contributed by atoms with Crippen LogP contribution in [-0.2, 0) is 15.0 Å². The molecule has 0 unspecified atom stereocenters. The van der Waals surface area contributed by atoms with E-state index in [2.05, 4.69) is 31.9 Å². The molecule has 3 aromatic rings. The van der Waals surface area contributed by atoms with E-state index in [1.165, 1.54) is 0 Å². The number of carbonyl (C=O) groups excluding carboxylic acids is 2. The number of allylic oxidation sites excluding steroid dienone is 1. The predicted octanol–water partition coefficient (Wildman–Crippen LogP) is 6.41. The van der Waals surface area contributed by atoms with Crippen LogP contribution in [0.15, 0.2) is 93.4 Å². The highest BCUT2D eigenvalue weighted by atomic mass is 79.9. The van der Waals surface area contributed by atoms with Gasteiger partial charge in [-0.25, -0.2) is 0 Å². The van der Waals surface area contributed by atoms with E-state index in [4.69, 9.17) is 0 Å². The number of nitro groups is 1.